The minimum atomic E-state index is -0.547. The van der Waals surface area contributed by atoms with Crippen molar-refractivity contribution in [2.24, 2.45) is 10.7 Å². The lowest BCUT2D eigenvalue weighted by Gasteiger charge is -2.06. The summed E-state index contributed by atoms with van der Waals surface area (Å²) in [5.74, 6) is -0.761. The van der Waals surface area contributed by atoms with Gasteiger partial charge in [-0.3, -0.25) is 9.79 Å². The van der Waals surface area contributed by atoms with Crippen LogP contribution in [0, 0.1) is 5.82 Å². The zero-order valence-electron chi connectivity index (χ0n) is 12.3. The Kier molecular flexibility index (Phi) is 8.03. The molecule has 0 spiro atoms. The number of carbonyl (C=O) groups is 1. The molecule has 2 rings (SSSR count). The van der Waals surface area contributed by atoms with Crippen molar-refractivity contribution in [3.63, 3.8) is 0 Å². The lowest BCUT2D eigenvalue weighted by Crippen LogP contribution is -2.29. The normalized spacial score (nSPS) is 10.6. The SMILES string of the molecule is I.NC(=NCCNC(=O)c1ccccc1F)Nc1ccccc1. The van der Waals surface area contributed by atoms with Gasteiger partial charge in [0.05, 0.1) is 12.1 Å². The fourth-order valence-electron chi connectivity index (χ4n) is 1.80. The number of para-hydroxylation sites is 1. The van der Waals surface area contributed by atoms with Gasteiger partial charge in [-0.2, -0.15) is 0 Å². The van der Waals surface area contributed by atoms with Crippen molar-refractivity contribution >= 4 is 41.5 Å². The summed E-state index contributed by atoms with van der Waals surface area (Å²) >= 11 is 0. The van der Waals surface area contributed by atoms with Gasteiger partial charge in [0, 0.05) is 12.2 Å². The van der Waals surface area contributed by atoms with Gasteiger partial charge in [0.1, 0.15) is 5.82 Å². The van der Waals surface area contributed by atoms with Crippen molar-refractivity contribution in [1.29, 1.82) is 0 Å². The van der Waals surface area contributed by atoms with Crippen LogP contribution in [0.5, 0.6) is 0 Å². The molecule has 2 aromatic rings. The van der Waals surface area contributed by atoms with Crippen LogP contribution in [0.2, 0.25) is 0 Å². The van der Waals surface area contributed by atoms with Crippen LogP contribution in [0.3, 0.4) is 0 Å². The van der Waals surface area contributed by atoms with E-state index in [1.807, 2.05) is 30.3 Å². The Hall–Kier alpha value is -2.16. The third kappa shape index (κ3) is 6.23. The Labute approximate surface area is 151 Å². The smallest absolute Gasteiger partial charge is 0.254 e. The summed E-state index contributed by atoms with van der Waals surface area (Å²) in [6.45, 7) is 0.566. The van der Waals surface area contributed by atoms with Gasteiger partial charge in [0.2, 0.25) is 0 Å². The number of aliphatic imine (C=N–C) groups is 1. The summed E-state index contributed by atoms with van der Waals surface area (Å²) in [4.78, 5) is 15.8. The van der Waals surface area contributed by atoms with E-state index in [-0.39, 0.29) is 42.0 Å². The Morgan fingerprint density at radius 3 is 2.43 bits per heavy atom. The average Bonchev–Trinajstić information content (AvgIpc) is 2.53. The van der Waals surface area contributed by atoms with Crippen LogP contribution in [0.15, 0.2) is 59.6 Å². The molecule has 0 bridgehead atoms. The van der Waals surface area contributed by atoms with Gasteiger partial charge in [0.25, 0.3) is 5.91 Å². The Balaban J connectivity index is 0.00000264. The van der Waals surface area contributed by atoms with Gasteiger partial charge in [-0.25, -0.2) is 4.39 Å². The fourth-order valence-corrected chi connectivity index (χ4v) is 1.80. The number of amides is 1. The lowest BCUT2D eigenvalue weighted by molar-refractivity contribution is 0.0951. The van der Waals surface area contributed by atoms with Gasteiger partial charge in [-0.15, -0.1) is 24.0 Å². The molecule has 0 aromatic heterocycles. The molecule has 7 heteroatoms. The van der Waals surface area contributed by atoms with Gasteiger partial charge < -0.3 is 16.4 Å². The number of hydrogen-bond acceptors (Lipinski definition) is 2. The molecule has 0 radical (unpaired) electrons. The van der Waals surface area contributed by atoms with Gasteiger partial charge >= 0.3 is 0 Å². The van der Waals surface area contributed by atoms with Crippen LogP contribution in [0.1, 0.15) is 10.4 Å². The van der Waals surface area contributed by atoms with E-state index in [2.05, 4.69) is 15.6 Å². The number of guanidine groups is 1. The Bertz CT molecular complexity index is 664. The first-order valence-corrected chi connectivity index (χ1v) is 6.81. The highest BCUT2D eigenvalue weighted by molar-refractivity contribution is 14.0. The first-order chi connectivity index (χ1) is 10.7. The van der Waals surface area contributed by atoms with E-state index in [1.165, 1.54) is 18.2 Å². The van der Waals surface area contributed by atoms with Gasteiger partial charge in [0.15, 0.2) is 5.96 Å². The number of hydrogen-bond donors (Lipinski definition) is 3. The molecule has 2 aromatic carbocycles. The van der Waals surface area contributed by atoms with E-state index in [4.69, 9.17) is 5.73 Å². The molecule has 0 aliphatic carbocycles. The maximum absolute atomic E-state index is 13.4. The Morgan fingerprint density at radius 2 is 1.74 bits per heavy atom. The molecule has 0 heterocycles. The minimum absolute atomic E-state index is 0. The van der Waals surface area contributed by atoms with Crippen LogP contribution >= 0.6 is 24.0 Å². The highest BCUT2D eigenvalue weighted by Gasteiger charge is 2.09. The third-order valence-corrected chi connectivity index (χ3v) is 2.84. The summed E-state index contributed by atoms with van der Waals surface area (Å²) in [6, 6.07) is 15.2. The second-order valence-corrected chi connectivity index (χ2v) is 4.49. The average molecular weight is 428 g/mol. The molecule has 0 unspecified atom stereocenters. The van der Waals surface area contributed by atoms with E-state index >= 15 is 0 Å². The molecule has 0 aliphatic heterocycles. The zero-order valence-corrected chi connectivity index (χ0v) is 14.7. The second kappa shape index (κ2) is 9.78. The predicted molar refractivity (Wildman–Crippen MR) is 101 cm³/mol. The van der Waals surface area contributed by atoms with Crippen LogP contribution < -0.4 is 16.4 Å². The molecule has 1 amide bonds. The number of carbonyl (C=O) groups excluding carboxylic acids is 1. The predicted octanol–water partition coefficient (Wildman–Crippen LogP) is 2.60. The lowest BCUT2D eigenvalue weighted by atomic mass is 10.2. The first kappa shape index (κ1) is 18.9. The number of rotatable bonds is 5. The van der Waals surface area contributed by atoms with Crippen molar-refractivity contribution in [3.05, 3.63) is 66.0 Å². The quantitative estimate of drug-likeness (QED) is 0.297. The minimum Gasteiger partial charge on any atom is -0.370 e. The molecule has 23 heavy (non-hydrogen) atoms. The molecule has 4 N–H and O–H groups in total. The topological polar surface area (TPSA) is 79.5 Å². The van der Waals surface area contributed by atoms with Crippen LogP contribution in [0.25, 0.3) is 0 Å². The van der Waals surface area contributed by atoms with E-state index < -0.39 is 11.7 Å². The van der Waals surface area contributed by atoms with Crippen molar-refractivity contribution in [1.82, 2.24) is 5.32 Å². The summed E-state index contributed by atoms with van der Waals surface area (Å²) < 4.78 is 13.4. The number of nitrogens with two attached hydrogens (primary N) is 1. The van der Waals surface area contributed by atoms with E-state index in [0.29, 0.717) is 6.54 Å². The fraction of sp³-hybridized carbons (Fsp3) is 0.125. The maximum Gasteiger partial charge on any atom is 0.254 e. The molecule has 0 aliphatic rings. The van der Waals surface area contributed by atoms with E-state index in [9.17, 15) is 9.18 Å². The molecule has 0 atom stereocenters. The van der Waals surface area contributed by atoms with Crippen molar-refractivity contribution in [2.75, 3.05) is 18.4 Å². The van der Waals surface area contributed by atoms with Crippen LogP contribution in [-0.2, 0) is 0 Å². The molecular formula is C16H18FIN4O. The van der Waals surface area contributed by atoms with E-state index in [1.54, 1.807) is 6.07 Å². The molecule has 0 saturated carbocycles. The largest absolute Gasteiger partial charge is 0.370 e. The second-order valence-electron chi connectivity index (χ2n) is 4.49. The first-order valence-electron chi connectivity index (χ1n) is 6.81. The van der Waals surface area contributed by atoms with Gasteiger partial charge in [-0.05, 0) is 24.3 Å². The molecule has 5 nitrogen and oxygen atoms in total. The summed E-state index contributed by atoms with van der Waals surface area (Å²) in [5.41, 5.74) is 6.57. The molecular weight excluding hydrogens is 410 g/mol. The highest BCUT2D eigenvalue weighted by atomic mass is 127. The molecule has 0 fully saturated rings. The number of benzene rings is 2. The molecule has 0 saturated heterocycles. The van der Waals surface area contributed by atoms with Crippen molar-refractivity contribution in [2.45, 2.75) is 0 Å². The third-order valence-electron chi connectivity index (χ3n) is 2.84. The summed E-state index contributed by atoms with van der Waals surface area (Å²) in [5, 5.41) is 5.52. The Morgan fingerprint density at radius 1 is 1.09 bits per heavy atom. The number of anilines is 1. The summed E-state index contributed by atoms with van der Waals surface area (Å²) in [6.07, 6.45) is 0. The number of nitrogens with zero attached hydrogens (tertiary/aromatic N) is 1. The monoisotopic (exact) mass is 428 g/mol. The zero-order chi connectivity index (χ0) is 15.8. The number of halogens is 2. The van der Waals surface area contributed by atoms with Gasteiger partial charge in [-0.1, -0.05) is 30.3 Å². The number of nitrogens with one attached hydrogen (secondary N) is 2. The summed E-state index contributed by atoms with van der Waals surface area (Å²) in [7, 11) is 0. The van der Waals surface area contributed by atoms with Crippen LogP contribution in [-0.4, -0.2) is 25.0 Å². The molecule has 122 valence electrons. The standard InChI is InChI=1S/C16H17FN4O.HI/c17-14-9-5-4-8-13(14)15(22)19-10-11-20-16(18)21-12-6-2-1-3-7-12;/h1-9H,10-11H2,(H,19,22)(H3,18,20,21);1H. The van der Waals surface area contributed by atoms with E-state index in [0.717, 1.165) is 5.69 Å². The van der Waals surface area contributed by atoms with Crippen LogP contribution in [0.4, 0.5) is 10.1 Å². The highest BCUT2D eigenvalue weighted by Crippen LogP contribution is 2.05. The van der Waals surface area contributed by atoms with Crippen molar-refractivity contribution in [3.8, 4) is 0 Å². The van der Waals surface area contributed by atoms with Crippen molar-refractivity contribution < 1.29 is 9.18 Å². The maximum atomic E-state index is 13.4.